The maximum Gasteiger partial charge on any atom is 0.251 e. The molecule has 1 heterocycles. The van der Waals surface area contributed by atoms with E-state index in [1.165, 1.54) is 0 Å². The number of nitrogens with zero attached hydrogens (tertiary/aromatic N) is 3. The van der Waals surface area contributed by atoms with Crippen LogP contribution in [0.1, 0.15) is 54.0 Å². The van der Waals surface area contributed by atoms with Crippen LogP contribution in [0, 0.1) is 36.0 Å². The third-order valence-corrected chi connectivity index (χ3v) is 7.41. The molecular weight excluding hydrogens is 408 g/mol. The van der Waals surface area contributed by atoms with E-state index in [0.29, 0.717) is 34.9 Å². The van der Waals surface area contributed by atoms with Crippen LogP contribution in [0.2, 0.25) is 5.02 Å². The summed E-state index contributed by atoms with van der Waals surface area (Å²) in [6.45, 7) is 4.22. The van der Waals surface area contributed by atoms with Crippen molar-refractivity contribution < 1.29 is 4.79 Å². The van der Waals surface area contributed by atoms with E-state index >= 15 is 0 Å². The first-order valence-electron chi connectivity index (χ1n) is 10.9. The number of hydrogen-bond donors (Lipinski definition) is 1. The number of rotatable bonds is 5. The van der Waals surface area contributed by atoms with Crippen molar-refractivity contribution in [2.24, 2.45) is 17.8 Å². The minimum Gasteiger partial charge on any atom is -0.349 e. The fourth-order valence-electron chi connectivity index (χ4n) is 5.74. The van der Waals surface area contributed by atoms with Gasteiger partial charge in [-0.2, -0.15) is 5.26 Å². The van der Waals surface area contributed by atoms with Gasteiger partial charge in [0.1, 0.15) is 5.82 Å². The lowest BCUT2D eigenvalue weighted by Gasteiger charge is -2.23. The average molecular weight is 433 g/mol. The van der Waals surface area contributed by atoms with Gasteiger partial charge in [-0.25, -0.2) is 4.98 Å². The monoisotopic (exact) mass is 432 g/mol. The molecule has 31 heavy (non-hydrogen) atoms. The molecule has 0 saturated heterocycles. The van der Waals surface area contributed by atoms with Crippen molar-refractivity contribution in [3.05, 3.63) is 64.4 Å². The summed E-state index contributed by atoms with van der Waals surface area (Å²) >= 11 is 6.25. The van der Waals surface area contributed by atoms with Gasteiger partial charge in [-0.15, -0.1) is 0 Å². The lowest BCUT2D eigenvalue weighted by atomic mass is 9.98. The second-order valence-electron chi connectivity index (χ2n) is 8.87. The number of carbonyl (C=O) groups excluding carboxylic acids is 1. The maximum absolute atomic E-state index is 12.7. The van der Waals surface area contributed by atoms with E-state index in [0.717, 1.165) is 41.1 Å². The molecule has 2 aliphatic rings. The van der Waals surface area contributed by atoms with Crippen LogP contribution in [0.3, 0.4) is 0 Å². The van der Waals surface area contributed by atoms with Gasteiger partial charge in [0, 0.05) is 22.7 Å². The number of aromatic nitrogens is 2. The molecule has 158 valence electrons. The van der Waals surface area contributed by atoms with Crippen LogP contribution in [0.25, 0.3) is 11.0 Å². The predicted octanol–water partition coefficient (Wildman–Crippen LogP) is 5.28. The molecule has 2 aromatic carbocycles. The van der Waals surface area contributed by atoms with Gasteiger partial charge in [0.25, 0.3) is 5.91 Å². The summed E-state index contributed by atoms with van der Waals surface area (Å²) in [7, 11) is 0. The molecule has 6 heteroatoms. The first-order chi connectivity index (χ1) is 15.0. The molecule has 1 N–H and O–H groups in total. The number of hydrogen-bond acceptors (Lipinski definition) is 3. The topological polar surface area (TPSA) is 70.7 Å². The van der Waals surface area contributed by atoms with E-state index in [-0.39, 0.29) is 11.9 Å². The number of benzene rings is 2. The van der Waals surface area contributed by atoms with Crippen molar-refractivity contribution >= 4 is 28.5 Å². The molecule has 5 rings (SSSR count). The zero-order valence-corrected chi connectivity index (χ0v) is 18.4. The molecule has 2 saturated carbocycles. The minimum atomic E-state index is -0.0519. The van der Waals surface area contributed by atoms with E-state index in [2.05, 4.69) is 29.8 Å². The molecule has 1 amide bonds. The summed E-state index contributed by atoms with van der Waals surface area (Å²) in [6, 6.07) is 15.5. The third kappa shape index (κ3) is 3.49. The minimum absolute atomic E-state index is 0.0519. The molecule has 0 spiro atoms. The number of fused-ring (bicyclic) bond motifs is 2. The average Bonchev–Trinajstić information content (AvgIpc) is 3.10. The van der Waals surface area contributed by atoms with Gasteiger partial charge >= 0.3 is 0 Å². The molecular formula is C25H25ClN4O. The first kappa shape index (κ1) is 20.1. The molecule has 2 aliphatic carbocycles. The number of amides is 1. The highest BCUT2D eigenvalue weighted by molar-refractivity contribution is 6.31. The Kier molecular flexibility index (Phi) is 4.98. The Morgan fingerprint density at radius 2 is 1.97 bits per heavy atom. The van der Waals surface area contributed by atoms with Gasteiger partial charge < -0.3 is 9.88 Å². The Labute approximate surface area is 187 Å². The van der Waals surface area contributed by atoms with Crippen molar-refractivity contribution in [1.82, 2.24) is 14.9 Å². The summed E-state index contributed by atoms with van der Waals surface area (Å²) in [5, 5.41) is 12.9. The second kappa shape index (κ2) is 7.69. The molecule has 2 unspecified atom stereocenters. The van der Waals surface area contributed by atoms with E-state index < -0.39 is 0 Å². The summed E-state index contributed by atoms with van der Waals surface area (Å²) in [6.07, 6.45) is 3.17. The molecule has 0 aliphatic heterocycles. The second-order valence-corrected chi connectivity index (χ2v) is 9.31. The van der Waals surface area contributed by atoms with E-state index in [4.69, 9.17) is 21.8 Å². The van der Waals surface area contributed by atoms with E-state index in [1.807, 2.05) is 18.2 Å². The van der Waals surface area contributed by atoms with Crippen molar-refractivity contribution in [3.8, 4) is 6.07 Å². The highest BCUT2D eigenvalue weighted by atomic mass is 35.5. The largest absolute Gasteiger partial charge is 0.349 e. The lowest BCUT2D eigenvalue weighted by Crippen LogP contribution is -2.37. The van der Waals surface area contributed by atoms with Crippen molar-refractivity contribution in [3.63, 3.8) is 0 Å². The maximum atomic E-state index is 12.7. The normalized spacial score (nSPS) is 25.1. The fourth-order valence-corrected chi connectivity index (χ4v) is 5.90. The zero-order valence-electron chi connectivity index (χ0n) is 17.7. The molecule has 5 nitrogen and oxygen atoms in total. The Morgan fingerprint density at radius 3 is 2.61 bits per heavy atom. The molecule has 3 aromatic rings. The molecule has 1 aromatic heterocycles. The third-order valence-electron chi connectivity index (χ3n) is 7.18. The van der Waals surface area contributed by atoms with E-state index in [9.17, 15) is 4.79 Å². The first-order valence-corrected chi connectivity index (χ1v) is 11.3. The van der Waals surface area contributed by atoms with Crippen LogP contribution in [0.15, 0.2) is 42.5 Å². The van der Waals surface area contributed by atoms with Crippen LogP contribution in [0.5, 0.6) is 0 Å². The number of nitriles is 1. The van der Waals surface area contributed by atoms with Crippen molar-refractivity contribution in [1.29, 1.82) is 5.26 Å². The van der Waals surface area contributed by atoms with Crippen LogP contribution in [-0.2, 0) is 0 Å². The van der Waals surface area contributed by atoms with Gasteiger partial charge in [-0.3, -0.25) is 4.79 Å². The molecule has 0 bridgehead atoms. The van der Waals surface area contributed by atoms with Crippen molar-refractivity contribution in [2.75, 3.05) is 0 Å². The van der Waals surface area contributed by atoms with Gasteiger partial charge in [0.05, 0.1) is 22.7 Å². The zero-order chi connectivity index (χ0) is 21.7. The smallest absolute Gasteiger partial charge is 0.251 e. The summed E-state index contributed by atoms with van der Waals surface area (Å²) < 4.78 is 2.36. The summed E-state index contributed by atoms with van der Waals surface area (Å²) in [4.78, 5) is 17.4. The van der Waals surface area contributed by atoms with E-state index in [1.54, 1.807) is 24.3 Å². The van der Waals surface area contributed by atoms with Crippen LogP contribution in [-0.4, -0.2) is 21.5 Å². The molecule has 2 fully saturated rings. The SMILES string of the molecule is CC[C@@H](NC(=O)c1ccc(C#N)cc1)C1[C@H]2CC(n3c(C)nc4ccc(Cl)cc43)C[C@@H]12. The van der Waals surface area contributed by atoms with Gasteiger partial charge in [0.2, 0.25) is 0 Å². The van der Waals surface area contributed by atoms with Gasteiger partial charge in [0.15, 0.2) is 0 Å². The number of carbonyl (C=O) groups is 1. The standard InChI is InChI=1S/C25H25ClN4O/c1-3-21(29-25(31)16-6-4-15(13-27)5-7-16)24-19-11-18(12-20(19)24)30-14(2)28-22-9-8-17(26)10-23(22)30/h4-10,18-21,24H,3,11-12H2,1-2H3,(H,29,31)/t18?,19-,20+,21-,24?/m1/s1. The number of aryl methyl sites for hydroxylation is 1. The molecule has 0 radical (unpaired) electrons. The Hall–Kier alpha value is -2.84. The quantitative estimate of drug-likeness (QED) is 0.596. The summed E-state index contributed by atoms with van der Waals surface area (Å²) in [5.74, 6) is 2.83. The fraction of sp³-hybridized carbons (Fsp3) is 0.400. The Balaban J connectivity index is 1.27. The highest BCUT2D eigenvalue weighted by Gasteiger charge is 2.59. The highest BCUT2D eigenvalue weighted by Crippen LogP contribution is 2.63. The summed E-state index contributed by atoms with van der Waals surface area (Å²) in [5.41, 5.74) is 3.29. The number of imidazole rings is 1. The number of halogens is 1. The lowest BCUT2D eigenvalue weighted by molar-refractivity contribution is 0.0927. The number of nitrogens with one attached hydrogen (secondary N) is 1. The van der Waals surface area contributed by atoms with Crippen molar-refractivity contribution in [2.45, 2.75) is 45.2 Å². The Morgan fingerprint density at radius 1 is 1.26 bits per heavy atom. The van der Waals surface area contributed by atoms with Crippen LogP contribution < -0.4 is 5.32 Å². The predicted molar refractivity (Wildman–Crippen MR) is 121 cm³/mol. The molecule has 5 atom stereocenters. The Bertz CT molecular complexity index is 1180. The van der Waals surface area contributed by atoms with Crippen LogP contribution >= 0.6 is 11.6 Å². The van der Waals surface area contributed by atoms with Gasteiger partial charge in [-0.1, -0.05) is 18.5 Å². The van der Waals surface area contributed by atoms with Crippen LogP contribution in [0.4, 0.5) is 0 Å². The van der Waals surface area contributed by atoms with Gasteiger partial charge in [-0.05, 0) is 86.4 Å².